The van der Waals surface area contributed by atoms with Crippen molar-refractivity contribution in [1.29, 1.82) is 0 Å². The molecule has 1 aromatic rings. The van der Waals surface area contributed by atoms with Crippen LogP contribution in [-0.4, -0.2) is 26.9 Å². The monoisotopic (exact) mass is 271 g/mol. The molecule has 0 amide bonds. The maximum atomic E-state index is 5.94. The summed E-state index contributed by atoms with van der Waals surface area (Å²) in [6.45, 7) is 6.63. The quantitative estimate of drug-likeness (QED) is 0.729. The number of benzene rings is 1. The average Bonchev–Trinajstić information content (AvgIpc) is 2.33. The van der Waals surface area contributed by atoms with Crippen LogP contribution in [0.3, 0.4) is 0 Å². The van der Waals surface area contributed by atoms with E-state index in [1.54, 1.807) is 7.11 Å². The first kappa shape index (κ1) is 15.1. The van der Waals surface area contributed by atoms with E-state index in [0.29, 0.717) is 17.5 Å². The predicted octanol–water partition coefficient (Wildman–Crippen LogP) is 3.82. The lowest BCUT2D eigenvalue weighted by Gasteiger charge is -2.12. The zero-order valence-electron chi connectivity index (χ0n) is 11.3. The normalized spacial score (nSPS) is 10.7. The van der Waals surface area contributed by atoms with Crippen molar-refractivity contribution in [2.24, 2.45) is 5.92 Å². The third kappa shape index (κ3) is 5.61. The smallest absolute Gasteiger partial charge is 0.142 e. The highest BCUT2D eigenvalue weighted by Crippen LogP contribution is 2.27. The van der Waals surface area contributed by atoms with E-state index in [0.717, 1.165) is 31.0 Å². The second kappa shape index (κ2) is 8.22. The molecule has 4 heteroatoms. The summed E-state index contributed by atoms with van der Waals surface area (Å²) in [6, 6.07) is 5.52. The maximum Gasteiger partial charge on any atom is 0.142 e. The lowest BCUT2D eigenvalue weighted by atomic mass is 10.1. The highest BCUT2D eigenvalue weighted by molar-refractivity contribution is 6.30. The molecule has 1 N–H and O–H groups in total. The Labute approximate surface area is 114 Å². The first-order chi connectivity index (χ1) is 8.63. The molecule has 0 radical (unpaired) electrons. The standard InChI is InChI=1S/C14H22ClNO2/c1-11(2)6-8-18-9-7-16-13-10-12(15)4-5-14(13)17-3/h4-5,10-11,16H,6-9H2,1-3H3. The number of hydrogen-bond donors (Lipinski definition) is 1. The lowest BCUT2D eigenvalue weighted by molar-refractivity contribution is 0.132. The Kier molecular flexibility index (Phi) is 6.91. The molecule has 0 spiro atoms. The molecule has 18 heavy (non-hydrogen) atoms. The van der Waals surface area contributed by atoms with E-state index in [-0.39, 0.29) is 0 Å². The van der Waals surface area contributed by atoms with Crippen molar-refractivity contribution in [1.82, 2.24) is 0 Å². The summed E-state index contributed by atoms with van der Waals surface area (Å²) in [5.41, 5.74) is 0.900. The number of nitrogens with one attached hydrogen (secondary N) is 1. The van der Waals surface area contributed by atoms with Crippen molar-refractivity contribution in [3.05, 3.63) is 23.2 Å². The van der Waals surface area contributed by atoms with Gasteiger partial charge in [0.2, 0.25) is 0 Å². The molecule has 1 rings (SSSR count). The van der Waals surface area contributed by atoms with E-state index >= 15 is 0 Å². The van der Waals surface area contributed by atoms with Crippen molar-refractivity contribution < 1.29 is 9.47 Å². The summed E-state index contributed by atoms with van der Waals surface area (Å²) in [4.78, 5) is 0. The van der Waals surface area contributed by atoms with Crippen LogP contribution in [-0.2, 0) is 4.74 Å². The van der Waals surface area contributed by atoms with E-state index in [2.05, 4.69) is 19.2 Å². The molecule has 0 unspecified atom stereocenters. The van der Waals surface area contributed by atoms with Crippen LogP contribution >= 0.6 is 11.6 Å². The molecular formula is C14H22ClNO2. The van der Waals surface area contributed by atoms with Crippen molar-refractivity contribution in [2.75, 3.05) is 32.2 Å². The Balaban J connectivity index is 2.28. The van der Waals surface area contributed by atoms with Gasteiger partial charge in [-0.3, -0.25) is 0 Å². The minimum atomic E-state index is 0.683. The lowest BCUT2D eigenvalue weighted by Crippen LogP contribution is -2.11. The first-order valence-corrected chi connectivity index (χ1v) is 6.66. The van der Waals surface area contributed by atoms with Gasteiger partial charge in [0.05, 0.1) is 19.4 Å². The molecule has 0 heterocycles. The van der Waals surface area contributed by atoms with Gasteiger partial charge in [0, 0.05) is 18.2 Å². The number of hydrogen-bond acceptors (Lipinski definition) is 3. The van der Waals surface area contributed by atoms with E-state index in [4.69, 9.17) is 21.1 Å². The molecule has 102 valence electrons. The minimum absolute atomic E-state index is 0.683. The van der Waals surface area contributed by atoms with Gasteiger partial charge in [0.15, 0.2) is 0 Å². The van der Waals surface area contributed by atoms with Crippen LogP contribution in [0.5, 0.6) is 5.75 Å². The Morgan fingerprint density at radius 1 is 1.28 bits per heavy atom. The first-order valence-electron chi connectivity index (χ1n) is 6.28. The summed E-state index contributed by atoms with van der Waals surface area (Å²) in [5.74, 6) is 1.48. The van der Waals surface area contributed by atoms with Crippen molar-refractivity contribution in [3.8, 4) is 5.75 Å². The molecule has 0 saturated carbocycles. The van der Waals surface area contributed by atoms with E-state index in [1.807, 2.05) is 18.2 Å². The SMILES string of the molecule is COc1ccc(Cl)cc1NCCOCCC(C)C. The second-order valence-electron chi connectivity index (χ2n) is 4.57. The molecule has 0 fully saturated rings. The molecule has 0 bridgehead atoms. The van der Waals surface area contributed by atoms with Gasteiger partial charge in [-0.05, 0) is 30.5 Å². The molecule has 0 atom stereocenters. The molecule has 0 aromatic heterocycles. The van der Waals surface area contributed by atoms with E-state index < -0.39 is 0 Å². The zero-order chi connectivity index (χ0) is 13.4. The van der Waals surface area contributed by atoms with Crippen molar-refractivity contribution in [2.45, 2.75) is 20.3 Å². The van der Waals surface area contributed by atoms with Crippen molar-refractivity contribution in [3.63, 3.8) is 0 Å². The van der Waals surface area contributed by atoms with Gasteiger partial charge in [0.25, 0.3) is 0 Å². The Bertz CT molecular complexity index is 356. The predicted molar refractivity (Wildman–Crippen MR) is 76.8 cm³/mol. The van der Waals surface area contributed by atoms with Gasteiger partial charge in [-0.2, -0.15) is 0 Å². The summed E-state index contributed by atoms with van der Waals surface area (Å²) >= 11 is 5.94. The number of ether oxygens (including phenoxy) is 2. The fourth-order valence-electron chi connectivity index (χ4n) is 1.50. The third-order valence-corrected chi connectivity index (χ3v) is 2.80. The fourth-order valence-corrected chi connectivity index (χ4v) is 1.67. The van der Waals surface area contributed by atoms with E-state index in [9.17, 15) is 0 Å². The van der Waals surface area contributed by atoms with Crippen LogP contribution in [0.1, 0.15) is 20.3 Å². The fraction of sp³-hybridized carbons (Fsp3) is 0.571. The van der Waals surface area contributed by atoms with Crippen LogP contribution in [0.25, 0.3) is 0 Å². The average molecular weight is 272 g/mol. The van der Waals surface area contributed by atoms with Gasteiger partial charge in [-0.1, -0.05) is 25.4 Å². The third-order valence-electron chi connectivity index (χ3n) is 2.56. The molecule has 3 nitrogen and oxygen atoms in total. The van der Waals surface area contributed by atoms with Crippen molar-refractivity contribution >= 4 is 17.3 Å². The van der Waals surface area contributed by atoms with Crippen LogP contribution in [0.15, 0.2) is 18.2 Å². The van der Waals surface area contributed by atoms with Gasteiger partial charge >= 0.3 is 0 Å². The summed E-state index contributed by atoms with van der Waals surface area (Å²) in [7, 11) is 1.65. The largest absolute Gasteiger partial charge is 0.495 e. The number of anilines is 1. The minimum Gasteiger partial charge on any atom is -0.495 e. The molecule has 0 aliphatic rings. The number of methoxy groups -OCH3 is 1. The molecule has 1 aromatic carbocycles. The maximum absolute atomic E-state index is 5.94. The van der Waals surface area contributed by atoms with Gasteiger partial charge in [-0.25, -0.2) is 0 Å². The van der Waals surface area contributed by atoms with Gasteiger partial charge in [0.1, 0.15) is 5.75 Å². The Morgan fingerprint density at radius 3 is 2.72 bits per heavy atom. The van der Waals surface area contributed by atoms with E-state index in [1.165, 1.54) is 0 Å². The molecule has 0 aliphatic heterocycles. The second-order valence-corrected chi connectivity index (χ2v) is 5.00. The number of halogens is 1. The number of rotatable bonds is 8. The Hall–Kier alpha value is -0.930. The summed E-state index contributed by atoms with van der Waals surface area (Å²) in [5, 5.41) is 3.95. The van der Waals surface area contributed by atoms with Crippen LogP contribution in [0.2, 0.25) is 5.02 Å². The summed E-state index contributed by atoms with van der Waals surface area (Å²) in [6.07, 6.45) is 1.10. The topological polar surface area (TPSA) is 30.5 Å². The molecule has 0 aliphatic carbocycles. The zero-order valence-corrected chi connectivity index (χ0v) is 12.1. The highest BCUT2D eigenvalue weighted by atomic mass is 35.5. The van der Waals surface area contributed by atoms with Gasteiger partial charge in [-0.15, -0.1) is 0 Å². The Morgan fingerprint density at radius 2 is 2.06 bits per heavy atom. The highest BCUT2D eigenvalue weighted by Gasteiger charge is 2.02. The van der Waals surface area contributed by atoms with Crippen LogP contribution < -0.4 is 10.1 Å². The van der Waals surface area contributed by atoms with Gasteiger partial charge < -0.3 is 14.8 Å². The van der Waals surface area contributed by atoms with Crippen LogP contribution in [0, 0.1) is 5.92 Å². The van der Waals surface area contributed by atoms with Crippen LogP contribution in [0.4, 0.5) is 5.69 Å². The molecule has 0 saturated heterocycles. The summed E-state index contributed by atoms with van der Waals surface area (Å²) < 4.78 is 10.8. The molecular weight excluding hydrogens is 250 g/mol.